The van der Waals surface area contributed by atoms with Crippen LogP contribution in [0.5, 0.6) is 0 Å². The Hall–Kier alpha value is -2.19. The van der Waals surface area contributed by atoms with Crippen LogP contribution in [0.25, 0.3) is 0 Å². The van der Waals surface area contributed by atoms with Crippen LogP contribution in [0.15, 0.2) is 30.3 Å². The molecule has 0 radical (unpaired) electrons. The third-order valence-electron chi connectivity index (χ3n) is 3.49. The summed E-state index contributed by atoms with van der Waals surface area (Å²) in [6.07, 6.45) is 0. The van der Waals surface area contributed by atoms with Crippen molar-refractivity contribution in [3.05, 3.63) is 40.9 Å². The molecule has 1 atom stereocenters. The molecule has 2 amide bonds. The minimum Gasteiger partial charge on any atom is -0.374 e. The SMILES string of the molecule is C[C@H](NC(=O)N(CCN(C)C)Cc1ccccc1)c1nnc(N)s1. The monoisotopic (exact) mass is 348 g/mol. The van der Waals surface area contributed by atoms with Gasteiger partial charge in [-0.2, -0.15) is 0 Å². The molecule has 1 aromatic heterocycles. The first-order valence-electron chi connectivity index (χ1n) is 7.78. The Bertz CT molecular complexity index is 645. The summed E-state index contributed by atoms with van der Waals surface area (Å²) in [5.41, 5.74) is 6.70. The lowest BCUT2D eigenvalue weighted by atomic mass is 10.2. The van der Waals surface area contributed by atoms with E-state index in [0.717, 1.165) is 12.1 Å². The smallest absolute Gasteiger partial charge is 0.318 e. The van der Waals surface area contributed by atoms with Crippen molar-refractivity contribution < 1.29 is 4.79 Å². The average Bonchev–Trinajstić information content (AvgIpc) is 2.98. The second kappa shape index (κ2) is 8.60. The van der Waals surface area contributed by atoms with Gasteiger partial charge < -0.3 is 20.9 Å². The molecule has 3 N–H and O–H groups in total. The molecule has 0 unspecified atom stereocenters. The number of nitrogens with zero attached hydrogens (tertiary/aromatic N) is 4. The molecule has 1 heterocycles. The third kappa shape index (κ3) is 5.47. The summed E-state index contributed by atoms with van der Waals surface area (Å²) in [6, 6.07) is 9.60. The van der Waals surface area contributed by atoms with Gasteiger partial charge in [-0.25, -0.2) is 4.79 Å². The maximum atomic E-state index is 12.7. The van der Waals surface area contributed by atoms with Crippen LogP contribution in [0.2, 0.25) is 0 Å². The Morgan fingerprint density at radius 1 is 1.25 bits per heavy atom. The highest BCUT2D eigenvalue weighted by Crippen LogP contribution is 2.19. The number of rotatable bonds is 7. The number of anilines is 1. The van der Waals surface area contributed by atoms with Gasteiger partial charge in [-0.15, -0.1) is 10.2 Å². The molecule has 0 aliphatic carbocycles. The van der Waals surface area contributed by atoms with Gasteiger partial charge in [0.25, 0.3) is 0 Å². The van der Waals surface area contributed by atoms with Gasteiger partial charge in [0.05, 0.1) is 6.04 Å². The number of hydrogen-bond acceptors (Lipinski definition) is 6. The van der Waals surface area contributed by atoms with Gasteiger partial charge in [-0.1, -0.05) is 41.7 Å². The summed E-state index contributed by atoms with van der Waals surface area (Å²) in [4.78, 5) is 16.5. The van der Waals surface area contributed by atoms with E-state index in [0.29, 0.717) is 23.2 Å². The number of amides is 2. The molecular formula is C16H24N6OS. The predicted molar refractivity (Wildman–Crippen MR) is 96.7 cm³/mol. The van der Waals surface area contributed by atoms with Crippen molar-refractivity contribution in [2.45, 2.75) is 19.5 Å². The van der Waals surface area contributed by atoms with E-state index in [-0.39, 0.29) is 12.1 Å². The second-order valence-corrected chi connectivity index (χ2v) is 6.90. The molecule has 24 heavy (non-hydrogen) atoms. The summed E-state index contributed by atoms with van der Waals surface area (Å²) in [6.45, 7) is 3.87. The average molecular weight is 348 g/mol. The van der Waals surface area contributed by atoms with Crippen molar-refractivity contribution in [2.75, 3.05) is 32.9 Å². The van der Waals surface area contributed by atoms with Crippen LogP contribution in [0.4, 0.5) is 9.93 Å². The Labute approximate surface area is 146 Å². The maximum absolute atomic E-state index is 12.7. The number of nitrogens with two attached hydrogens (primary N) is 1. The van der Waals surface area contributed by atoms with Gasteiger partial charge >= 0.3 is 6.03 Å². The van der Waals surface area contributed by atoms with Crippen LogP contribution in [-0.2, 0) is 6.54 Å². The Morgan fingerprint density at radius 2 is 1.96 bits per heavy atom. The summed E-state index contributed by atoms with van der Waals surface area (Å²) in [5, 5.41) is 11.9. The van der Waals surface area contributed by atoms with Crippen molar-refractivity contribution in [3.63, 3.8) is 0 Å². The van der Waals surface area contributed by atoms with Crippen LogP contribution in [0.1, 0.15) is 23.5 Å². The lowest BCUT2D eigenvalue weighted by Crippen LogP contribution is -2.43. The van der Waals surface area contributed by atoms with Gasteiger partial charge in [0.15, 0.2) is 0 Å². The fraction of sp³-hybridized carbons (Fsp3) is 0.438. The van der Waals surface area contributed by atoms with E-state index < -0.39 is 0 Å². The molecule has 2 aromatic rings. The fourth-order valence-electron chi connectivity index (χ4n) is 2.14. The first-order chi connectivity index (χ1) is 11.5. The molecule has 0 aliphatic heterocycles. The topological polar surface area (TPSA) is 87.4 Å². The van der Waals surface area contributed by atoms with E-state index in [1.54, 1.807) is 4.90 Å². The predicted octanol–water partition coefficient (Wildman–Crippen LogP) is 1.95. The lowest BCUT2D eigenvalue weighted by molar-refractivity contribution is 0.185. The molecule has 0 saturated carbocycles. The van der Waals surface area contributed by atoms with Crippen LogP contribution < -0.4 is 11.1 Å². The van der Waals surface area contributed by atoms with Gasteiger partial charge in [-0.3, -0.25) is 0 Å². The van der Waals surface area contributed by atoms with Crippen LogP contribution in [-0.4, -0.2) is 53.2 Å². The van der Waals surface area contributed by atoms with Gasteiger partial charge in [0.2, 0.25) is 5.13 Å². The molecule has 0 saturated heterocycles. The van der Waals surface area contributed by atoms with Crippen LogP contribution in [0.3, 0.4) is 0 Å². The minimum absolute atomic E-state index is 0.123. The van der Waals surface area contributed by atoms with Crippen molar-refractivity contribution in [2.24, 2.45) is 0 Å². The fourth-order valence-corrected chi connectivity index (χ4v) is 2.75. The molecular weight excluding hydrogens is 324 g/mol. The molecule has 0 spiro atoms. The molecule has 130 valence electrons. The summed E-state index contributed by atoms with van der Waals surface area (Å²) in [7, 11) is 3.98. The maximum Gasteiger partial charge on any atom is 0.318 e. The van der Waals surface area contributed by atoms with Gasteiger partial charge in [0.1, 0.15) is 5.01 Å². The van der Waals surface area contributed by atoms with Crippen LogP contribution >= 0.6 is 11.3 Å². The second-order valence-electron chi connectivity index (χ2n) is 5.86. The number of aromatic nitrogens is 2. The summed E-state index contributed by atoms with van der Waals surface area (Å²) >= 11 is 1.29. The van der Waals surface area contributed by atoms with Crippen molar-refractivity contribution >= 4 is 22.5 Å². The quantitative estimate of drug-likeness (QED) is 0.798. The molecule has 0 bridgehead atoms. The standard InChI is InChI=1S/C16H24N6OS/c1-12(14-19-20-15(17)24-14)18-16(23)22(10-9-21(2)3)11-13-7-5-4-6-8-13/h4-8,12H,9-11H2,1-3H3,(H2,17,20)(H,18,23)/t12-/m0/s1. The normalized spacial score (nSPS) is 12.2. The number of carbonyl (C=O) groups is 1. The van der Waals surface area contributed by atoms with Crippen molar-refractivity contribution in [1.29, 1.82) is 0 Å². The molecule has 0 aliphatic rings. The van der Waals surface area contributed by atoms with E-state index in [1.165, 1.54) is 11.3 Å². The zero-order valence-electron chi connectivity index (χ0n) is 14.3. The van der Waals surface area contributed by atoms with E-state index in [9.17, 15) is 4.79 Å². The number of carbonyl (C=O) groups excluding carboxylic acids is 1. The highest BCUT2D eigenvalue weighted by atomic mass is 32.1. The Morgan fingerprint density at radius 3 is 2.54 bits per heavy atom. The first-order valence-corrected chi connectivity index (χ1v) is 8.60. The first kappa shape index (κ1) is 18.2. The van der Waals surface area contributed by atoms with E-state index in [1.807, 2.05) is 51.4 Å². The van der Waals surface area contributed by atoms with Crippen LogP contribution in [0, 0.1) is 0 Å². The van der Waals surface area contributed by atoms with Gasteiger partial charge in [0, 0.05) is 19.6 Å². The Kier molecular flexibility index (Phi) is 6.51. The number of hydrogen-bond donors (Lipinski definition) is 2. The minimum atomic E-state index is -0.232. The molecule has 1 aromatic carbocycles. The lowest BCUT2D eigenvalue weighted by Gasteiger charge is -2.26. The largest absolute Gasteiger partial charge is 0.374 e. The van der Waals surface area contributed by atoms with E-state index in [4.69, 9.17) is 5.73 Å². The highest BCUT2D eigenvalue weighted by molar-refractivity contribution is 7.15. The highest BCUT2D eigenvalue weighted by Gasteiger charge is 2.19. The number of likely N-dealkylation sites (N-methyl/N-ethyl adjacent to an activating group) is 1. The molecule has 2 rings (SSSR count). The number of nitrogens with one attached hydrogen (secondary N) is 1. The van der Waals surface area contributed by atoms with Crippen molar-refractivity contribution in [3.8, 4) is 0 Å². The Balaban J connectivity index is 2.02. The van der Waals surface area contributed by atoms with Gasteiger partial charge in [-0.05, 0) is 26.6 Å². The molecule has 8 heteroatoms. The van der Waals surface area contributed by atoms with E-state index >= 15 is 0 Å². The number of benzene rings is 1. The third-order valence-corrected chi connectivity index (χ3v) is 4.42. The number of nitrogen functional groups attached to an aromatic ring is 1. The number of urea groups is 1. The summed E-state index contributed by atoms with van der Waals surface area (Å²) < 4.78 is 0. The zero-order chi connectivity index (χ0) is 17.5. The zero-order valence-corrected chi connectivity index (χ0v) is 15.1. The molecule has 7 nitrogen and oxygen atoms in total. The summed E-state index contributed by atoms with van der Waals surface area (Å²) in [5.74, 6) is 0. The van der Waals surface area contributed by atoms with E-state index in [2.05, 4.69) is 20.4 Å². The molecule has 0 fully saturated rings. The van der Waals surface area contributed by atoms with Crippen molar-refractivity contribution in [1.82, 2.24) is 25.3 Å².